The van der Waals surface area contributed by atoms with E-state index in [0.717, 1.165) is 16.9 Å². The maximum Gasteiger partial charge on any atom is 0.156 e. The Hall–Kier alpha value is -2.16. The third kappa shape index (κ3) is 1.68. The van der Waals surface area contributed by atoms with E-state index in [1.54, 1.807) is 12.4 Å². The standard InChI is InChI=1S/C15H15N3/c1-10(2)12-13(11-6-4-3-5-7-11)18-15-14(12)16-8-9-17-15/h3-10H,1-2H3,(H,17,18). The first-order valence-corrected chi connectivity index (χ1v) is 6.15. The largest absolute Gasteiger partial charge is 0.338 e. The first-order valence-electron chi connectivity index (χ1n) is 6.15. The molecule has 0 aliphatic heterocycles. The van der Waals surface area contributed by atoms with Crippen molar-refractivity contribution in [2.45, 2.75) is 19.8 Å². The maximum absolute atomic E-state index is 4.45. The van der Waals surface area contributed by atoms with Gasteiger partial charge in [-0.1, -0.05) is 44.2 Å². The first-order chi connectivity index (χ1) is 8.77. The molecule has 0 unspecified atom stereocenters. The van der Waals surface area contributed by atoms with Gasteiger partial charge in [0.05, 0.1) is 5.69 Å². The van der Waals surface area contributed by atoms with Gasteiger partial charge in [-0.3, -0.25) is 4.98 Å². The Balaban J connectivity index is 2.32. The number of rotatable bonds is 2. The zero-order valence-corrected chi connectivity index (χ0v) is 10.5. The van der Waals surface area contributed by atoms with E-state index in [4.69, 9.17) is 0 Å². The highest BCUT2D eigenvalue weighted by molar-refractivity contribution is 5.85. The van der Waals surface area contributed by atoms with E-state index in [0.29, 0.717) is 5.92 Å². The van der Waals surface area contributed by atoms with Gasteiger partial charge >= 0.3 is 0 Å². The summed E-state index contributed by atoms with van der Waals surface area (Å²) in [4.78, 5) is 12.2. The van der Waals surface area contributed by atoms with Crippen LogP contribution in [0.2, 0.25) is 0 Å². The van der Waals surface area contributed by atoms with E-state index >= 15 is 0 Å². The fraction of sp³-hybridized carbons (Fsp3) is 0.200. The molecule has 0 fully saturated rings. The van der Waals surface area contributed by atoms with Crippen molar-refractivity contribution in [2.24, 2.45) is 0 Å². The molecule has 3 aromatic rings. The number of nitrogens with one attached hydrogen (secondary N) is 1. The summed E-state index contributed by atoms with van der Waals surface area (Å²) in [5, 5.41) is 0. The summed E-state index contributed by atoms with van der Waals surface area (Å²) in [5.74, 6) is 0.408. The molecule has 3 nitrogen and oxygen atoms in total. The number of H-pyrrole nitrogens is 1. The highest BCUT2D eigenvalue weighted by Crippen LogP contribution is 2.33. The predicted molar refractivity (Wildman–Crippen MR) is 73.4 cm³/mol. The van der Waals surface area contributed by atoms with Crippen LogP contribution in [0.25, 0.3) is 22.4 Å². The molecule has 90 valence electrons. The van der Waals surface area contributed by atoms with Gasteiger partial charge in [-0.05, 0) is 11.5 Å². The molecule has 3 heteroatoms. The number of fused-ring (bicyclic) bond motifs is 1. The maximum atomic E-state index is 4.45. The minimum absolute atomic E-state index is 0.408. The van der Waals surface area contributed by atoms with Crippen LogP contribution in [0.5, 0.6) is 0 Å². The van der Waals surface area contributed by atoms with Gasteiger partial charge in [-0.25, -0.2) is 4.98 Å². The number of hydrogen-bond donors (Lipinski definition) is 1. The van der Waals surface area contributed by atoms with Crippen LogP contribution in [0.3, 0.4) is 0 Å². The summed E-state index contributed by atoms with van der Waals surface area (Å²) in [6.45, 7) is 4.37. The Morgan fingerprint density at radius 2 is 1.72 bits per heavy atom. The smallest absolute Gasteiger partial charge is 0.156 e. The van der Waals surface area contributed by atoms with Gasteiger partial charge in [-0.2, -0.15) is 0 Å². The van der Waals surface area contributed by atoms with E-state index in [1.807, 2.05) is 18.2 Å². The number of nitrogens with zero attached hydrogens (tertiary/aromatic N) is 2. The van der Waals surface area contributed by atoms with Gasteiger partial charge in [0.15, 0.2) is 5.65 Å². The van der Waals surface area contributed by atoms with Gasteiger partial charge in [0.2, 0.25) is 0 Å². The van der Waals surface area contributed by atoms with E-state index in [1.165, 1.54) is 11.1 Å². The van der Waals surface area contributed by atoms with Gasteiger partial charge in [-0.15, -0.1) is 0 Å². The van der Waals surface area contributed by atoms with E-state index < -0.39 is 0 Å². The monoisotopic (exact) mass is 237 g/mol. The van der Waals surface area contributed by atoms with Crippen LogP contribution in [-0.2, 0) is 0 Å². The SMILES string of the molecule is CC(C)c1c(-c2ccccc2)[nH]c2nccnc12. The molecule has 0 saturated heterocycles. The summed E-state index contributed by atoms with van der Waals surface area (Å²) < 4.78 is 0. The highest BCUT2D eigenvalue weighted by atomic mass is 14.9. The second kappa shape index (κ2) is 4.26. The molecule has 0 amide bonds. The summed E-state index contributed by atoms with van der Waals surface area (Å²) in [6, 6.07) is 10.3. The lowest BCUT2D eigenvalue weighted by Crippen LogP contribution is -1.90. The minimum Gasteiger partial charge on any atom is -0.338 e. The van der Waals surface area contributed by atoms with Crippen LogP contribution >= 0.6 is 0 Å². The van der Waals surface area contributed by atoms with Crippen LogP contribution in [-0.4, -0.2) is 15.0 Å². The molecule has 1 N–H and O–H groups in total. The molecule has 0 aliphatic carbocycles. The van der Waals surface area contributed by atoms with Crippen molar-refractivity contribution < 1.29 is 0 Å². The van der Waals surface area contributed by atoms with Crippen LogP contribution in [0.4, 0.5) is 0 Å². The molecule has 18 heavy (non-hydrogen) atoms. The van der Waals surface area contributed by atoms with Crippen LogP contribution < -0.4 is 0 Å². The number of aromatic nitrogens is 3. The van der Waals surface area contributed by atoms with Crippen molar-refractivity contribution in [3.8, 4) is 11.3 Å². The fourth-order valence-electron chi connectivity index (χ4n) is 2.33. The van der Waals surface area contributed by atoms with Gasteiger partial charge in [0, 0.05) is 18.0 Å². The molecule has 1 aromatic carbocycles. The molecule has 0 radical (unpaired) electrons. The van der Waals surface area contributed by atoms with Gasteiger partial charge < -0.3 is 4.98 Å². The summed E-state index contributed by atoms with van der Waals surface area (Å²) in [7, 11) is 0. The summed E-state index contributed by atoms with van der Waals surface area (Å²) in [5.41, 5.74) is 5.39. The Bertz CT molecular complexity index is 669. The van der Waals surface area contributed by atoms with Crippen LogP contribution in [0, 0.1) is 0 Å². The second-order valence-corrected chi connectivity index (χ2v) is 4.69. The fourth-order valence-corrected chi connectivity index (χ4v) is 2.33. The van der Waals surface area contributed by atoms with E-state index in [2.05, 4.69) is 40.9 Å². The van der Waals surface area contributed by atoms with Crippen molar-refractivity contribution in [3.63, 3.8) is 0 Å². The molecule has 0 bridgehead atoms. The lowest BCUT2D eigenvalue weighted by Gasteiger charge is -2.07. The van der Waals surface area contributed by atoms with Crippen molar-refractivity contribution in [1.29, 1.82) is 0 Å². The molecule has 0 atom stereocenters. The molecular formula is C15H15N3. The second-order valence-electron chi connectivity index (χ2n) is 4.69. The van der Waals surface area contributed by atoms with Crippen molar-refractivity contribution in [2.75, 3.05) is 0 Å². The Labute approximate surface area is 106 Å². The third-order valence-electron chi connectivity index (χ3n) is 3.11. The predicted octanol–water partition coefficient (Wildman–Crippen LogP) is 3.75. The molecule has 2 aromatic heterocycles. The Morgan fingerprint density at radius 3 is 2.44 bits per heavy atom. The van der Waals surface area contributed by atoms with Gasteiger partial charge in [0.1, 0.15) is 5.52 Å². The first kappa shape index (κ1) is 11.0. The zero-order valence-electron chi connectivity index (χ0n) is 10.5. The lowest BCUT2D eigenvalue weighted by atomic mass is 9.98. The van der Waals surface area contributed by atoms with Crippen molar-refractivity contribution >= 4 is 11.2 Å². The number of hydrogen-bond acceptors (Lipinski definition) is 2. The van der Waals surface area contributed by atoms with Crippen molar-refractivity contribution in [1.82, 2.24) is 15.0 Å². The molecule has 0 saturated carbocycles. The molecule has 0 aliphatic rings. The number of aromatic amines is 1. The van der Waals surface area contributed by atoms with Crippen LogP contribution in [0.15, 0.2) is 42.7 Å². The average molecular weight is 237 g/mol. The van der Waals surface area contributed by atoms with Crippen LogP contribution in [0.1, 0.15) is 25.3 Å². The molecule has 3 rings (SSSR count). The topological polar surface area (TPSA) is 41.6 Å². The molecule has 2 heterocycles. The zero-order chi connectivity index (χ0) is 12.5. The molecular weight excluding hydrogens is 222 g/mol. The summed E-state index contributed by atoms with van der Waals surface area (Å²) >= 11 is 0. The minimum atomic E-state index is 0.408. The lowest BCUT2D eigenvalue weighted by molar-refractivity contribution is 0.875. The van der Waals surface area contributed by atoms with Gasteiger partial charge in [0.25, 0.3) is 0 Å². The molecule has 0 spiro atoms. The van der Waals surface area contributed by atoms with E-state index in [-0.39, 0.29) is 0 Å². The normalized spacial score (nSPS) is 11.3. The van der Waals surface area contributed by atoms with E-state index in [9.17, 15) is 0 Å². The van der Waals surface area contributed by atoms with Crippen molar-refractivity contribution in [3.05, 3.63) is 48.3 Å². The Morgan fingerprint density at radius 1 is 1.00 bits per heavy atom. The summed E-state index contributed by atoms with van der Waals surface area (Å²) in [6.07, 6.45) is 3.47. The Kier molecular flexibility index (Phi) is 2.59. The third-order valence-corrected chi connectivity index (χ3v) is 3.11. The average Bonchev–Trinajstić information content (AvgIpc) is 2.79. The highest BCUT2D eigenvalue weighted by Gasteiger charge is 2.17. The quantitative estimate of drug-likeness (QED) is 0.737. The number of benzene rings is 1.